The highest BCUT2D eigenvalue weighted by molar-refractivity contribution is 5.91. The van der Waals surface area contributed by atoms with Gasteiger partial charge in [-0.3, -0.25) is 0 Å². The molecule has 0 unspecified atom stereocenters. The lowest BCUT2D eigenvalue weighted by Gasteiger charge is -2.10. The molecule has 0 spiro atoms. The average molecular weight is 464 g/mol. The Bertz CT molecular complexity index is 1670. The van der Waals surface area contributed by atoms with E-state index in [1.807, 2.05) is 6.07 Å². The zero-order valence-electron chi connectivity index (χ0n) is 20.8. The van der Waals surface area contributed by atoms with Gasteiger partial charge in [-0.15, -0.1) is 0 Å². The third kappa shape index (κ3) is 4.29. The summed E-state index contributed by atoms with van der Waals surface area (Å²) in [5, 5.41) is 3.70. The van der Waals surface area contributed by atoms with Gasteiger partial charge in [0.15, 0.2) is 0 Å². The van der Waals surface area contributed by atoms with Crippen LogP contribution in [-0.2, 0) is 12.8 Å². The van der Waals surface area contributed by atoms with Crippen LogP contribution in [0, 0.1) is 0 Å². The quantitative estimate of drug-likeness (QED) is 0.248. The fourth-order valence-electron chi connectivity index (χ4n) is 5.00. The van der Waals surface area contributed by atoms with E-state index in [2.05, 4.69) is 123 Å². The molecule has 0 bridgehead atoms. The highest BCUT2D eigenvalue weighted by atomic mass is 14.7. The minimum absolute atomic E-state index is 1.00. The van der Waals surface area contributed by atoms with Crippen molar-refractivity contribution in [1.82, 2.24) is 4.98 Å². The third-order valence-electron chi connectivity index (χ3n) is 7.16. The molecule has 1 heteroatoms. The van der Waals surface area contributed by atoms with Crippen LogP contribution in [0.1, 0.15) is 25.0 Å². The Morgan fingerprint density at radius 3 is 1.67 bits per heavy atom. The second-order valence-electron chi connectivity index (χ2n) is 9.49. The summed E-state index contributed by atoms with van der Waals surface area (Å²) >= 11 is 0. The van der Waals surface area contributed by atoms with Crippen LogP contribution in [0.5, 0.6) is 0 Å². The number of rotatable bonds is 5. The highest BCUT2D eigenvalue weighted by Crippen LogP contribution is 2.31. The maximum absolute atomic E-state index is 4.84. The number of hydrogen-bond acceptors (Lipinski definition) is 1. The first-order valence-corrected chi connectivity index (χ1v) is 12.8. The van der Waals surface area contributed by atoms with Crippen LogP contribution in [0.4, 0.5) is 0 Å². The van der Waals surface area contributed by atoms with Crippen LogP contribution in [-0.4, -0.2) is 4.98 Å². The zero-order valence-corrected chi connectivity index (χ0v) is 20.8. The summed E-state index contributed by atoms with van der Waals surface area (Å²) in [6.07, 6.45) is 2.13. The molecule has 0 aliphatic heterocycles. The molecule has 0 saturated carbocycles. The molecule has 0 saturated heterocycles. The predicted molar refractivity (Wildman–Crippen MR) is 154 cm³/mol. The van der Waals surface area contributed by atoms with Crippen molar-refractivity contribution in [2.24, 2.45) is 0 Å². The minimum atomic E-state index is 1.00. The van der Waals surface area contributed by atoms with E-state index < -0.39 is 0 Å². The number of aromatic nitrogens is 1. The topological polar surface area (TPSA) is 12.9 Å². The smallest absolute Gasteiger partial charge is 0.0709 e. The van der Waals surface area contributed by atoms with Crippen LogP contribution in [0.3, 0.4) is 0 Å². The first-order chi connectivity index (χ1) is 17.7. The molecule has 1 heterocycles. The number of fused-ring (bicyclic) bond motifs is 2. The predicted octanol–water partition coefficient (Wildman–Crippen LogP) is 9.51. The normalized spacial score (nSPS) is 11.3. The van der Waals surface area contributed by atoms with Crippen molar-refractivity contribution in [1.29, 1.82) is 0 Å². The largest absolute Gasteiger partial charge is 0.248 e. The molecule has 1 aromatic heterocycles. The van der Waals surface area contributed by atoms with E-state index in [1.165, 1.54) is 49.5 Å². The van der Waals surface area contributed by atoms with Gasteiger partial charge in [0.1, 0.15) is 0 Å². The second kappa shape index (κ2) is 9.43. The maximum Gasteiger partial charge on any atom is 0.0709 e. The molecule has 1 nitrogen and oxygen atoms in total. The Morgan fingerprint density at radius 1 is 0.444 bits per heavy atom. The number of hydrogen-bond donors (Lipinski definition) is 0. The maximum atomic E-state index is 4.84. The number of benzene rings is 5. The third-order valence-corrected chi connectivity index (χ3v) is 7.16. The summed E-state index contributed by atoms with van der Waals surface area (Å²) in [4.78, 5) is 4.84. The number of nitrogens with zero attached hydrogens (tertiary/aromatic N) is 1. The number of para-hydroxylation sites is 1. The summed E-state index contributed by atoms with van der Waals surface area (Å²) in [6.45, 7) is 4.46. The van der Waals surface area contributed by atoms with Gasteiger partial charge in [-0.25, -0.2) is 4.98 Å². The van der Waals surface area contributed by atoms with Crippen LogP contribution in [0.15, 0.2) is 115 Å². The molecule has 0 aliphatic rings. The second-order valence-corrected chi connectivity index (χ2v) is 9.49. The lowest BCUT2D eigenvalue weighted by atomic mass is 9.94. The van der Waals surface area contributed by atoms with E-state index in [4.69, 9.17) is 4.98 Å². The molecular formula is C35H29N. The standard InChI is InChI=1S/C35H29N/c1-3-24-19-25(4-2)21-33(20-24)32-16-15-30-22-29(13-14-31(30)23-32)26-9-11-28(12-10-26)35-18-17-27-7-5-6-8-34(27)36-35/h5-23H,3-4H2,1-2H3. The number of pyridine rings is 1. The SMILES string of the molecule is CCc1cc(CC)cc(-c2ccc3cc(-c4ccc(-c5ccc6ccccc6n5)cc4)ccc3c2)c1. The van der Waals surface area contributed by atoms with Gasteiger partial charge in [0.25, 0.3) is 0 Å². The summed E-state index contributed by atoms with van der Waals surface area (Å²) < 4.78 is 0. The van der Waals surface area contributed by atoms with Crippen molar-refractivity contribution >= 4 is 21.7 Å². The van der Waals surface area contributed by atoms with Crippen molar-refractivity contribution in [3.63, 3.8) is 0 Å². The Kier molecular flexibility index (Phi) is 5.83. The zero-order chi connectivity index (χ0) is 24.5. The Balaban J connectivity index is 1.30. The fourth-order valence-corrected chi connectivity index (χ4v) is 5.00. The monoisotopic (exact) mass is 463 g/mol. The molecule has 174 valence electrons. The van der Waals surface area contributed by atoms with Crippen molar-refractivity contribution in [3.05, 3.63) is 126 Å². The lowest BCUT2D eigenvalue weighted by molar-refractivity contribution is 1.09. The average Bonchev–Trinajstić information content (AvgIpc) is 2.96. The first-order valence-electron chi connectivity index (χ1n) is 12.8. The van der Waals surface area contributed by atoms with Crippen molar-refractivity contribution < 1.29 is 0 Å². The van der Waals surface area contributed by atoms with Crippen LogP contribution in [0.25, 0.3) is 55.2 Å². The van der Waals surface area contributed by atoms with Gasteiger partial charge in [0.05, 0.1) is 11.2 Å². The number of aryl methyl sites for hydroxylation is 2. The molecular weight excluding hydrogens is 434 g/mol. The van der Waals surface area contributed by atoms with Crippen molar-refractivity contribution in [3.8, 4) is 33.5 Å². The molecule has 36 heavy (non-hydrogen) atoms. The van der Waals surface area contributed by atoms with Gasteiger partial charge < -0.3 is 0 Å². The molecule has 0 amide bonds. The van der Waals surface area contributed by atoms with E-state index in [1.54, 1.807) is 0 Å². The molecule has 5 aromatic carbocycles. The van der Waals surface area contributed by atoms with Gasteiger partial charge >= 0.3 is 0 Å². The molecule has 6 aromatic rings. The molecule has 0 atom stereocenters. The lowest BCUT2D eigenvalue weighted by Crippen LogP contribution is -1.89. The summed E-state index contributed by atoms with van der Waals surface area (Å²) in [5.74, 6) is 0. The molecule has 0 fully saturated rings. The van der Waals surface area contributed by atoms with Crippen LogP contribution in [0.2, 0.25) is 0 Å². The van der Waals surface area contributed by atoms with E-state index in [9.17, 15) is 0 Å². The summed E-state index contributed by atoms with van der Waals surface area (Å²) in [5.41, 5.74) is 11.0. The highest BCUT2D eigenvalue weighted by Gasteiger charge is 2.07. The molecule has 6 rings (SSSR count). The van der Waals surface area contributed by atoms with Gasteiger partial charge in [0.2, 0.25) is 0 Å². The minimum Gasteiger partial charge on any atom is -0.248 e. The van der Waals surface area contributed by atoms with Crippen molar-refractivity contribution in [2.75, 3.05) is 0 Å². The Labute approximate surface area is 213 Å². The van der Waals surface area contributed by atoms with E-state index in [-0.39, 0.29) is 0 Å². The van der Waals surface area contributed by atoms with Gasteiger partial charge in [-0.1, -0.05) is 105 Å². The van der Waals surface area contributed by atoms with Gasteiger partial charge in [-0.05, 0) is 81.3 Å². The first kappa shape index (κ1) is 22.2. The summed E-state index contributed by atoms with van der Waals surface area (Å²) in [7, 11) is 0. The Morgan fingerprint density at radius 2 is 1.00 bits per heavy atom. The van der Waals surface area contributed by atoms with Crippen LogP contribution >= 0.6 is 0 Å². The van der Waals surface area contributed by atoms with Gasteiger partial charge in [0, 0.05) is 10.9 Å². The molecule has 0 N–H and O–H groups in total. The fraction of sp³-hybridized carbons (Fsp3) is 0.114. The van der Waals surface area contributed by atoms with Crippen molar-refractivity contribution in [2.45, 2.75) is 26.7 Å². The van der Waals surface area contributed by atoms with Crippen LogP contribution < -0.4 is 0 Å². The Hall–Kier alpha value is -4.23. The van der Waals surface area contributed by atoms with E-state index in [0.29, 0.717) is 0 Å². The van der Waals surface area contributed by atoms with Gasteiger partial charge in [-0.2, -0.15) is 0 Å². The summed E-state index contributed by atoms with van der Waals surface area (Å²) in [6, 6.07) is 41.8. The molecule has 0 radical (unpaired) electrons. The molecule has 0 aliphatic carbocycles. The van der Waals surface area contributed by atoms with E-state index in [0.717, 1.165) is 29.6 Å². The van der Waals surface area contributed by atoms with E-state index >= 15 is 0 Å².